The minimum atomic E-state index is -0.530. The minimum Gasteiger partial charge on any atom is -0.294 e. The number of carbonyl (C=O) groups excluding carboxylic acids is 2. The van der Waals surface area contributed by atoms with Crippen molar-refractivity contribution >= 4 is 23.2 Å². The molecule has 0 radical (unpaired) electrons. The van der Waals surface area contributed by atoms with E-state index in [4.69, 9.17) is 0 Å². The van der Waals surface area contributed by atoms with Crippen molar-refractivity contribution in [2.75, 3.05) is 4.90 Å². The van der Waals surface area contributed by atoms with Gasteiger partial charge in [0.1, 0.15) is 6.04 Å². The maximum atomic E-state index is 13.2. The van der Waals surface area contributed by atoms with Crippen molar-refractivity contribution in [3.8, 4) is 0 Å². The fourth-order valence-electron chi connectivity index (χ4n) is 3.98. The first-order valence-electron chi connectivity index (χ1n) is 8.47. The van der Waals surface area contributed by atoms with Gasteiger partial charge in [-0.1, -0.05) is 36.4 Å². The molecule has 2 aromatic rings. The number of hydrogen-bond acceptors (Lipinski definition) is 2. The van der Waals surface area contributed by atoms with Crippen LogP contribution in [0.15, 0.2) is 48.2 Å². The molecule has 2 aromatic carbocycles. The van der Waals surface area contributed by atoms with Gasteiger partial charge in [0.15, 0.2) is 0 Å². The fraction of sp³-hybridized carbons (Fsp3) is 0.238. The van der Waals surface area contributed by atoms with Crippen molar-refractivity contribution in [3.05, 3.63) is 70.4 Å². The third kappa shape index (κ3) is 2.00. The van der Waals surface area contributed by atoms with Crippen LogP contribution in [0.3, 0.4) is 0 Å². The number of allylic oxidation sites excluding steroid dienone is 1. The second-order valence-electron chi connectivity index (χ2n) is 6.74. The van der Waals surface area contributed by atoms with E-state index in [1.807, 2.05) is 63.2 Å². The molecule has 0 saturated heterocycles. The van der Waals surface area contributed by atoms with Crippen LogP contribution in [0, 0.1) is 13.8 Å². The van der Waals surface area contributed by atoms with Crippen LogP contribution in [-0.2, 0) is 4.79 Å². The molecule has 126 valence electrons. The maximum Gasteiger partial charge on any atom is 0.259 e. The monoisotopic (exact) mass is 332 g/mol. The number of fused-ring (bicyclic) bond motifs is 3. The molecule has 0 bridgehead atoms. The Morgan fingerprint density at radius 3 is 2.08 bits per heavy atom. The average molecular weight is 332 g/mol. The molecule has 0 aliphatic carbocycles. The summed E-state index contributed by atoms with van der Waals surface area (Å²) < 4.78 is 0. The Bertz CT molecular complexity index is 938. The predicted molar refractivity (Wildman–Crippen MR) is 98.1 cm³/mol. The first-order valence-corrected chi connectivity index (χ1v) is 8.47. The molecular formula is C21H20N2O2. The summed E-state index contributed by atoms with van der Waals surface area (Å²) in [6.45, 7) is 7.75. The van der Waals surface area contributed by atoms with Crippen LogP contribution in [-0.4, -0.2) is 22.8 Å². The lowest BCUT2D eigenvalue weighted by Crippen LogP contribution is -2.51. The summed E-state index contributed by atoms with van der Waals surface area (Å²) in [6, 6.07) is 13.1. The Morgan fingerprint density at radius 1 is 0.840 bits per heavy atom. The minimum absolute atomic E-state index is 0.0696. The number of rotatable bonds is 1. The largest absolute Gasteiger partial charge is 0.294 e. The number of hydrogen-bond donors (Lipinski definition) is 0. The van der Waals surface area contributed by atoms with Gasteiger partial charge in [-0.2, -0.15) is 0 Å². The zero-order valence-electron chi connectivity index (χ0n) is 14.8. The van der Waals surface area contributed by atoms with E-state index < -0.39 is 6.04 Å². The summed E-state index contributed by atoms with van der Waals surface area (Å²) in [5.74, 6) is -0.160. The number of nitrogens with zero attached hydrogens (tertiary/aromatic N) is 2. The zero-order valence-corrected chi connectivity index (χ0v) is 14.8. The molecule has 0 fully saturated rings. The van der Waals surface area contributed by atoms with Crippen LogP contribution in [0.4, 0.5) is 5.69 Å². The Balaban J connectivity index is 2.01. The number of aryl methyl sites for hydroxylation is 2. The van der Waals surface area contributed by atoms with Crippen molar-refractivity contribution < 1.29 is 9.59 Å². The highest BCUT2D eigenvalue weighted by molar-refractivity contribution is 6.17. The van der Waals surface area contributed by atoms with E-state index >= 15 is 0 Å². The van der Waals surface area contributed by atoms with Crippen LogP contribution < -0.4 is 4.90 Å². The van der Waals surface area contributed by atoms with Gasteiger partial charge in [0.2, 0.25) is 0 Å². The van der Waals surface area contributed by atoms with Gasteiger partial charge in [0, 0.05) is 16.8 Å². The molecule has 0 N–H and O–H groups in total. The molecule has 2 aliphatic heterocycles. The van der Waals surface area contributed by atoms with E-state index in [0.717, 1.165) is 33.8 Å². The summed E-state index contributed by atoms with van der Waals surface area (Å²) in [6.07, 6.45) is 0. The van der Waals surface area contributed by atoms with Crippen LogP contribution in [0.2, 0.25) is 0 Å². The summed E-state index contributed by atoms with van der Waals surface area (Å²) in [5, 5.41) is 0. The Hall–Kier alpha value is -2.88. The van der Waals surface area contributed by atoms with E-state index in [0.29, 0.717) is 5.56 Å². The zero-order chi connectivity index (χ0) is 17.9. The van der Waals surface area contributed by atoms with E-state index in [1.165, 1.54) is 0 Å². The molecule has 1 atom stereocenters. The molecule has 0 aromatic heterocycles. The smallest absolute Gasteiger partial charge is 0.259 e. The number of carbonyl (C=O) groups is 2. The van der Waals surface area contributed by atoms with Gasteiger partial charge in [-0.05, 0) is 44.9 Å². The number of anilines is 1. The van der Waals surface area contributed by atoms with Gasteiger partial charge in [-0.3, -0.25) is 19.4 Å². The van der Waals surface area contributed by atoms with Crippen LogP contribution >= 0.6 is 0 Å². The first kappa shape index (κ1) is 15.6. The quantitative estimate of drug-likeness (QED) is 0.795. The molecule has 2 heterocycles. The van der Waals surface area contributed by atoms with Gasteiger partial charge < -0.3 is 0 Å². The fourth-order valence-corrected chi connectivity index (χ4v) is 3.98. The Labute approximate surface area is 147 Å². The van der Waals surface area contributed by atoms with Gasteiger partial charge in [-0.25, -0.2) is 0 Å². The van der Waals surface area contributed by atoms with Crippen molar-refractivity contribution in [1.29, 1.82) is 0 Å². The lowest BCUT2D eigenvalue weighted by atomic mass is 10.0. The van der Waals surface area contributed by atoms with Gasteiger partial charge >= 0.3 is 0 Å². The first-order chi connectivity index (χ1) is 11.9. The number of para-hydroxylation sites is 1. The molecule has 4 rings (SSSR count). The molecule has 0 saturated carbocycles. The second kappa shape index (κ2) is 5.31. The number of amides is 2. The standard InChI is InChI=1S/C21H20N2O2/c1-12-8-7-9-13(2)18(12)22-14(3)19-16-10-5-6-11-17(16)21(25)23(19)15(4)20(22)24/h5-11,15H,1-4H3/t15-/m1/s1. The maximum absolute atomic E-state index is 13.2. The Morgan fingerprint density at radius 2 is 1.44 bits per heavy atom. The molecule has 0 unspecified atom stereocenters. The van der Waals surface area contributed by atoms with Crippen LogP contribution in [0.25, 0.3) is 5.70 Å². The predicted octanol–water partition coefficient (Wildman–Crippen LogP) is 3.88. The molecule has 4 heteroatoms. The number of benzene rings is 2. The van der Waals surface area contributed by atoms with E-state index in [-0.39, 0.29) is 11.8 Å². The van der Waals surface area contributed by atoms with Gasteiger partial charge in [0.25, 0.3) is 11.8 Å². The molecule has 2 aliphatic rings. The summed E-state index contributed by atoms with van der Waals surface area (Å²) in [5.41, 5.74) is 6.23. The lowest BCUT2D eigenvalue weighted by molar-refractivity contribution is -0.121. The molecule has 4 nitrogen and oxygen atoms in total. The highest BCUT2D eigenvalue weighted by Crippen LogP contribution is 2.43. The highest BCUT2D eigenvalue weighted by atomic mass is 16.2. The third-order valence-corrected chi connectivity index (χ3v) is 5.18. The molecule has 0 spiro atoms. The van der Waals surface area contributed by atoms with Crippen molar-refractivity contribution in [3.63, 3.8) is 0 Å². The Kier molecular flexibility index (Phi) is 3.32. The molecule has 2 amide bonds. The average Bonchev–Trinajstić information content (AvgIpc) is 2.89. The summed E-state index contributed by atoms with van der Waals surface area (Å²) >= 11 is 0. The van der Waals surface area contributed by atoms with E-state index in [9.17, 15) is 9.59 Å². The molecule has 25 heavy (non-hydrogen) atoms. The topological polar surface area (TPSA) is 40.6 Å². The van der Waals surface area contributed by atoms with Crippen LogP contribution in [0.1, 0.15) is 40.9 Å². The molecular weight excluding hydrogens is 312 g/mol. The SMILES string of the molecule is CC1=C2c3ccccc3C(=O)N2[C@H](C)C(=O)N1c1c(C)cccc1C. The second-order valence-corrected chi connectivity index (χ2v) is 6.74. The normalized spacial score (nSPS) is 19.4. The van der Waals surface area contributed by atoms with E-state index in [1.54, 1.807) is 16.7 Å². The third-order valence-electron chi connectivity index (χ3n) is 5.18. The van der Waals surface area contributed by atoms with Crippen molar-refractivity contribution in [1.82, 2.24) is 4.90 Å². The van der Waals surface area contributed by atoms with Crippen molar-refractivity contribution in [2.24, 2.45) is 0 Å². The van der Waals surface area contributed by atoms with Gasteiger partial charge in [-0.15, -0.1) is 0 Å². The van der Waals surface area contributed by atoms with Crippen molar-refractivity contribution in [2.45, 2.75) is 33.7 Å². The highest BCUT2D eigenvalue weighted by Gasteiger charge is 2.45. The van der Waals surface area contributed by atoms with Crippen LogP contribution in [0.5, 0.6) is 0 Å². The lowest BCUT2D eigenvalue weighted by Gasteiger charge is -2.39. The van der Waals surface area contributed by atoms with E-state index in [2.05, 4.69) is 0 Å². The summed E-state index contributed by atoms with van der Waals surface area (Å²) in [7, 11) is 0. The summed E-state index contributed by atoms with van der Waals surface area (Å²) in [4.78, 5) is 29.4. The van der Waals surface area contributed by atoms with Gasteiger partial charge in [0.05, 0.1) is 11.4 Å².